The summed E-state index contributed by atoms with van der Waals surface area (Å²) in [6.45, 7) is 9.64. The van der Waals surface area contributed by atoms with E-state index in [4.69, 9.17) is 0 Å². The van der Waals surface area contributed by atoms with Crippen LogP contribution in [0.1, 0.15) is 46.0 Å². The Labute approximate surface area is 134 Å². The normalized spacial score (nSPS) is 36.4. The molecule has 3 atom stereocenters. The summed E-state index contributed by atoms with van der Waals surface area (Å²) in [6, 6.07) is 0.703. The third-order valence-corrected chi connectivity index (χ3v) is 6.42. The first-order valence-electron chi connectivity index (χ1n) is 8.80. The molecule has 4 heteroatoms. The Morgan fingerprint density at radius 2 is 1.76 bits per heavy atom. The summed E-state index contributed by atoms with van der Waals surface area (Å²) in [5, 5.41) is 3.19. The van der Waals surface area contributed by atoms with Crippen molar-refractivity contribution in [2.24, 2.45) is 11.8 Å². The van der Waals surface area contributed by atoms with E-state index in [2.05, 4.69) is 52.7 Å². The van der Waals surface area contributed by atoms with E-state index >= 15 is 0 Å². The highest BCUT2D eigenvalue weighted by Gasteiger charge is 2.26. The monoisotopic (exact) mass is 309 g/mol. The summed E-state index contributed by atoms with van der Waals surface area (Å²) in [6.07, 6.45) is 11.5. The second-order valence-electron chi connectivity index (χ2n) is 7.26. The van der Waals surface area contributed by atoms with Crippen LogP contribution < -0.4 is 5.43 Å². The summed E-state index contributed by atoms with van der Waals surface area (Å²) < 4.78 is 2.61. The molecule has 3 nitrogen and oxygen atoms in total. The molecule has 0 radical (unpaired) electrons. The lowest BCUT2D eigenvalue weighted by Crippen LogP contribution is -2.48. The summed E-state index contributed by atoms with van der Waals surface area (Å²) in [5.41, 5.74) is 3.76. The molecule has 0 amide bonds. The fraction of sp³-hybridized carbons (Fsp3) is 0.882. The Hall–Kier alpha value is -0.0300. The van der Waals surface area contributed by atoms with Gasteiger partial charge in [-0.25, -0.2) is 9.31 Å². The van der Waals surface area contributed by atoms with Crippen LogP contribution in [0.15, 0.2) is 12.2 Å². The maximum atomic E-state index is 3.76. The minimum atomic E-state index is 0.703. The first-order chi connectivity index (χ1) is 10.2. The predicted molar refractivity (Wildman–Crippen MR) is 92.0 cm³/mol. The number of rotatable bonds is 4. The van der Waals surface area contributed by atoms with Gasteiger partial charge in [-0.15, -0.1) is 0 Å². The second kappa shape index (κ2) is 7.49. The van der Waals surface area contributed by atoms with Crippen LogP contribution in [0.2, 0.25) is 0 Å². The maximum absolute atomic E-state index is 3.76. The number of hydrogen-bond donors (Lipinski definition) is 1. The highest BCUT2D eigenvalue weighted by Crippen LogP contribution is 2.30. The Morgan fingerprint density at radius 1 is 0.952 bits per heavy atom. The average Bonchev–Trinajstić information content (AvgIpc) is 2.89. The quantitative estimate of drug-likeness (QED) is 0.634. The zero-order chi connectivity index (χ0) is 14.7. The van der Waals surface area contributed by atoms with Crippen LogP contribution in [0.3, 0.4) is 0 Å². The third kappa shape index (κ3) is 4.72. The van der Waals surface area contributed by atoms with Crippen molar-refractivity contribution >= 4 is 11.9 Å². The molecule has 0 aromatic carbocycles. The maximum Gasteiger partial charge on any atom is 0.0375 e. The summed E-state index contributed by atoms with van der Waals surface area (Å²) in [4.78, 5) is 0. The number of hydrazine groups is 1. The van der Waals surface area contributed by atoms with Crippen LogP contribution in [0.4, 0.5) is 0 Å². The van der Waals surface area contributed by atoms with Gasteiger partial charge in [-0.05, 0) is 43.9 Å². The van der Waals surface area contributed by atoms with E-state index in [1.807, 2.05) is 0 Å². The van der Waals surface area contributed by atoms with Gasteiger partial charge < -0.3 is 0 Å². The second-order valence-corrected chi connectivity index (χ2v) is 8.59. The highest BCUT2D eigenvalue weighted by molar-refractivity contribution is 7.97. The van der Waals surface area contributed by atoms with Gasteiger partial charge >= 0.3 is 0 Å². The zero-order valence-corrected chi connectivity index (χ0v) is 14.4. The zero-order valence-electron chi connectivity index (χ0n) is 13.6. The molecule has 0 saturated carbocycles. The van der Waals surface area contributed by atoms with Crippen LogP contribution in [-0.4, -0.2) is 46.8 Å². The van der Waals surface area contributed by atoms with E-state index in [1.54, 1.807) is 0 Å². The van der Waals surface area contributed by atoms with E-state index < -0.39 is 0 Å². The van der Waals surface area contributed by atoms with Gasteiger partial charge in [0.2, 0.25) is 0 Å². The van der Waals surface area contributed by atoms with Crippen molar-refractivity contribution in [3.8, 4) is 0 Å². The molecule has 2 heterocycles. The minimum absolute atomic E-state index is 0.703. The fourth-order valence-corrected chi connectivity index (χ4v) is 4.82. The minimum Gasteiger partial charge on any atom is -0.252 e. The molecule has 1 aliphatic carbocycles. The molecule has 2 fully saturated rings. The van der Waals surface area contributed by atoms with Gasteiger partial charge in [-0.3, -0.25) is 5.43 Å². The van der Waals surface area contributed by atoms with E-state index in [9.17, 15) is 0 Å². The lowest BCUT2D eigenvalue weighted by Gasteiger charge is -2.35. The molecule has 2 unspecified atom stereocenters. The average molecular weight is 310 g/mol. The van der Waals surface area contributed by atoms with Crippen molar-refractivity contribution in [2.75, 3.05) is 26.2 Å². The van der Waals surface area contributed by atoms with Gasteiger partial charge in [-0.2, -0.15) is 0 Å². The molecule has 2 saturated heterocycles. The Morgan fingerprint density at radius 3 is 2.38 bits per heavy atom. The molecule has 0 aromatic rings. The van der Waals surface area contributed by atoms with Gasteiger partial charge in [-0.1, -0.05) is 37.9 Å². The first kappa shape index (κ1) is 15.9. The molecule has 3 rings (SSSR count). The van der Waals surface area contributed by atoms with E-state index in [0.29, 0.717) is 6.04 Å². The van der Waals surface area contributed by atoms with Gasteiger partial charge in [0, 0.05) is 37.5 Å². The Kier molecular flexibility index (Phi) is 5.66. The Bertz CT molecular complexity index is 352. The van der Waals surface area contributed by atoms with Crippen LogP contribution in [0.5, 0.6) is 0 Å². The molecular formula is C17H31N3S. The van der Waals surface area contributed by atoms with Crippen LogP contribution in [-0.2, 0) is 0 Å². The summed E-state index contributed by atoms with van der Waals surface area (Å²) >= 11 is 2.09. The van der Waals surface area contributed by atoms with Crippen molar-refractivity contribution in [2.45, 2.75) is 57.2 Å². The van der Waals surface area contributed by atoms with Crippen molar-refractivity contribution in [1.82, 2.24) is 14.7 Å². The molecule has 2 aliphatic heterocycles. The lowest BCUT2D eigenvalue weighted by molar-refractivity contribution is 0.157. The van der Waals surface area contributed by atoms with Crippen molar-refractivity contribution in [3.05, 3.63) is 12.2 Å². The molecule has 1 N–H and O–H groups in total. The van der Waals surface area contributed by atoms with Gasteiger partial charge in [0.1, 0.15) is 0 Å². The van der Waals surface area contributed by atoms with E-state index in [1.165, 1.54) is 58.3 Å². The van der Waals surface area contributed by atoms with Crippen LogP contribution in [0.25, 0.3) is 0 Å². The SMILES string of the molecule is CC1CCN(NC2CCN(SC3C=C[C@H](C)CC3)CC2)C1. The summed E-state index contributed by atoms with van der Waals surface area (Å²) in [5.74, 6) is 1.66. The highest BCUT2D eigenvalue weighted by atomic mass is 32.2. The first-order valence-corrected chi connectivity index (χ1v) is 9.64. The largest absolute Gasteiger partial charge is 0.252 e. The van der Waals surface area contributed by atoms with Crippen molar-refractivity contribution in [3.63, 3.8) is 0 Å². The van der Waals surface area contributed by atoms with Crippen molar-refractivity contribution in [1.29, 1.82) is 0 Å². The predicted octanol–water partition coefficient (Wildman–Crippen LogP) is 3.30. The molecule has 21 heavy (non-hydrogen) atoms. The van der Waals surface area contributed by atoms with Gasteiger partial charge in [0.05, 0.1) is 0 Å². The Balaban J connectivity index is 1.36. The third-order valence-electron chi connectivity index (χ3n) is 5.09. The topological polar surface area (TPSA) is 18.5 Å². The van der Waals surface area contributed by atoms with Gasteiger partial charge in [0.15, 0.2) is 0 Å². The van der Waals surface area contributed by atoms with Crippen LogP contribution >= 0.6 is 11.9 Å². The fourth-order valence-electron chi connectivity index (χ4n) is 3.61. The number of nitrogens with one attached hydrogen (secondary N) is 1. The molecule has 0 spiro atoms. The molecular weight excluding hydrogens is 278 g/mol. The van der Waals surface area contributed by atoms with Gasteiger partial charge in [0.25, 0.3) is 0 Å². The number of hydrogen-bond acceptors (Lipinski definition) is 4. The molecule has 3 aliphatic rings. The molecule has 0 aromatic heterocycles. The standard InChI is InChI=1S/C17H31N3S/c1-14-3-5-17(6-4-14)21-20-11-8-16(9-12-20)18-19-10-7-15(2)13-19/h3,5,14-18H,4,6-13H2,1-2H3/t14-,15?,17?/m0/s1. The smallest absolute Gasteiger partial charge is 0.0375 e. The van der Waals surface area contributed by atoms with Crippen molar-refractivity contribution < 1.29 is 0 Å². The number of allylic oxidation sites excluding steroid dienone is 1. The van der Waals surface area contributed by atoms with E-state index in [-0.39, 0.29) is 0 Å². The van der Waals surface area contributed by atoms with E-state index in [0.717, 1.165) is 17.1 Å². The summed E-state index contributed by atoms with van der Waals surface area (Å²) in [7, 11) is 0. The molecule has 0 bridgehead atoms. The van der Waals surface area contributed by atoms with Crippen LogP contribution in [0, 0.1) is 11.8 Å². The lowest BCUT2D eigenvalue weighted by atomic mass is 9.98. The molecule has 120 valence electrons. The number of piperidine rings is 1. The number of nitrogens with zero attached hydrogens (tertiary/aromatic N) is 2.